The molecule has 1 aromatic carbocycles. The summed E-state index contributed by atoms with van der Waals surface area (Å²) < 4.78 is 7.24. The van der Waals surface area contributed by atoms with Gasteiger partial charge in [-0.25, -0.2) is 9.79 Å². The highest BCUT2D eigenvalue weighted by Gasteiger charge is 2.26. The van der Waals surface area contributed by atoms with E-state index in [2.05, 4.69) is 4.99 Å². The lowest BCUT2D eigenvalue weighted by Crippen LogP contribution is -2.10. The van der Waals surface area contributed by atoms with Crippen LogP contribution in [0.3, 0.4) is 0 Å². The molecule has 0 atom stereocenters. The molecule has 0 saturated carbocycles. The van der Waals surface area contributed by atoms with E-state index in [1.54, 1.807) is 11.1 Å². The highest BCUT2D eigenvalue weighted by molar-refractivity contribution is 6.11. The Balaban J connectivity index is 2.08. The number of aliphatic imine (C=N–C) groups is 1. The van der Waals surface area contributed by atoms with Crippen molar-refractivity contribution in [1.82, 2.24) is 9.47 Å². The summed E-state index contributed by atoms with van der Waals surface area (Å²) in [5.41, 5.74) is 2.18. The van der Waals surface area contributed by atoms with E-state index in [0.717, 1.165) is 16.6 Å². The van der Waals surface area contributed by atoms with Crippen LogP contribution in [0, 0.1) is 0 Å². The van der Waals surface area contributed by atoms with Crippen LogP contribution in [0.15, 0.2) is 47.2 Å². The molecule has 0 unspecified atom stereocenters. The van der Waals surface area contributed by atoms with Gasteiger partial charge in [-0.15, -0.1) is 0 Å². The summed E-state index contributed by atoms with van der Waals surface area (Å²) in [6, 6.07) is 9.97. The number of aromatic nitrogens is 1. The zero-order chi connectivity index (χ0) is 14.3. The summed E-state index contributed by atoms with van der Waals surface area (Å²) in [5, 5.41) is 1.09. The van der Waals surface area contributed by atoms with Gasteiger partial charge in [0.15, 0.2) is 5.70 Å². The van der Waals surface area contributed by atoms with Crippen LogP contribution in [0.5, 0.6) is 0 Å². The van der Waals surface area contributed by atoms with Crippen molar-refractivity contribution in [3.63, 3.8) is 0 Å². The molecule has 0 spiro atoms. The molecular formula is C15H15N3O2. The molecule has 1 aliphatic heterocycles. The molecule has 0 bridgehead atoms. The Morgan fingerprint density at radius 2 is 2.05 bits per heavy atom. The lowest BCUT2D eigenvalue weighted by atomic mass is 10.2. The van der Waals surface area contributed by atoms with Crippen molar-refractivity contribution in [3.05, 3.63) is 47.9 Å². The number of benzene rings is 1. The minimum Gasteiger partial charge on any atom is -0.400 e. The van der Waals surface area contributed by atoms with E-state index < -0.39 is 5.97 Å². The number of fused-ring (bicyclic) bond motifs is 1. The summed E-state index contributed by atoms with van der Waals surface area (Å²) >= 11 is 0. The summed E-state index contributed by atoms with van der Waals surface area (Å²) in [5.74, 6) is -0.0687. The second-order valence-electron chi connectivity index (χ2n) is 4.93. The van der Waals surface area contributed by atoms with Crippen LogP contribution in [0.4, 0.5) is 0 Å². The number of hydrogen-bond acceptors (Lipinski definition) is 4. The van der Waals surface area contributed by atoms with E-state index in [0.29, 0.717) is 11.6 Å². The number of carbonyl (C=O) groups excluding carboxylic acids is 1. The lowest BCUT2D eigenvalue weighted by Gasteiger charge is -2.02. The van der Waals surface area contributed by atoms with Crippen molar-refractivity contribution < 1.29 is 9.53 Å². The minimum atomic E-state index is -0.418. The predicted molar refractivity (Wildman–Crippen MR) is 77.3 cm³/mol. The first-order valence-electron chi connectivity index (χ1n) is 6.30. The average Bonchev–Trinajstić information content (AvgIpc) is 2.92. The molecule has 0 aliphatic carbocycles. The number of nitrogens with zero attached hydrogens (tertiary/aromatic N) is 3. The first kappa shape index (κ1) is 12.5. The Morgan fingerprint density at radius 1 is 1.30 bits per heavy atom. The highest BCUT2D eigenvalue weighted by atomic mass is 16.6. The van der Waals surface area contributed by atoms with Crippen molar-refractivity contribution in [2.45, 2.75) is 0 Å². The zero-order valence-corrected chi connectivity index (χ0v) is 11.6. The number of rotatable bonds is 2. The maximum atomic E-state index is 11.8. The first-order valence-corrected chi connectivity index (χ1v) is 6.30. The molecule has 20 heavy (non-hydrogen) atoms. The van der Waals surface area contributed by atoms with E-state index in [4.69, 9.17) is 4.74 Å². The van der Waals surface area contributed by atoms with Crippen molar-refractivity contribution in [2.24, 2.45) is 12.0 Å². The molecule has 5 nitrogen and oxygen atoms in total. The Hall–Kier alpha value is -2.56. The third kappa shape index (κ3) is 1.97. The van der Waals surface area contributed by atoms with Gasteiger partial charge in [-0.1, -0.05) is 18.2 Å². The average molecular weight is 269 g/mol. The van der Waals surface area contributed by atoms with Crippen LogP contribution in [0.1, 0.15) is 5.69 Å². The highest BCUT2D eigenvalue weighted by Crippen LogP contribution is 2.22. The molecule has 0 N–H and O–H groups in total. The van der Waals surface area contributed by atoms with Crippen molar-refractivity contribution in [2.75, 3.05) is 14.1 Å². The third-order valence-electron chi connectivity index (χ3n) is 3.17. The predicted octanol–water partition coefficient (Wildman–Crippen LogP) is 1.88. The van der Waals surface area contributed by atoms with Gasteiger partial charge >= 0.3 is 5.97 Å². The number of para-hydroxylation sites is 1. The fraction of sp³-hybridized carbons (Fsp3) is 0.200. The molecule has 0 amide bonds. The first-order chi connectivity index (χ1) is 9.56. The summed E-state index contributed by atoms with van der Waals surface area (Å²) in [4.78, 5) is 17.8. The molecule has 2 aromatic rings. The SMILES string of the molecule is CN(C)/C=C1/N=C(c2cc3ccccc3n2C)OC1=O. The quantitative estimate of drug-likeness (QED) is 0.618. The Labute approximate surface area is 116 Å². The third-order valence-corrected chi connectivity index (χ3v) is 3.17. The molecule has 5 heteroatoms. The standard InChI is InChI=1S/C15H15N3O2/c1-17(2)9-11-15(19)20-14(16-11)13-8-10-6-4-5-7-12(10)18(13)3/h4-9H,1-3H3/b11-9+. The second-order valence-corrected chi connectivity index (χ2v) is 4.93. The number of aryl methyl sites for hydroxylation is 1. The smallest absolute Gasteiger partial charge is 0.365 e. The maximum Gasteiger partial charge on any atom is 0.365 e. The number of hydrogen-bond donors (Lipinski definition) is 0. The molecule has 0 fully saturated rings. The second kappa shape index (κ2) is 4.52. The fourth-order valence-electron chi connectivity index (χ4n) is 2.25. The van der Waals surface area contributed by atoms with Gasteiger partial charge in [0.25, 0.3) is 0 Å². The largest absolute Gasteiger partial charge is 0.400 e. The Bertz CT molecular complexity index is 754. The summed E-state index contributed by atoms with van der Waals surface area (Å²) in [6.45, 7) is 0. The van der Waals surface area contributed by atoms with Crippen LogP contribution >= 0.6 is 0 Å². The summed E-state index contributed by atoms with van der Waals surface area (Å²) in [7, 11) is 5.61. The number of cyclic esters (lactones) is 1. The maximum absolute atomic E-state index is 11.8. The van der Waals surface area contributed by atoms with Gasteiger partial charge in [0.2, 0.25) is 5.90 Å². The molecule has 3 rings (SSSR count). The van der Waals surface area contributed by atoms with E-state index in [-0.39, 0.29) is 0 Å². The fourth-order valence-corrected chi connectivity index (χ4v) is 2.25. The van der Waals surface area contributed by atoms with E-state index in [1.165, 1.54) is 0 Å². The van der Waals surface area contributed by atoms with Crippen molar-refractivity contribution in [1.29, 1.82) is 0 Å². The number of carbonyl (C=O) groups is 1. The van der Waals surface area contributed by atoms with E-state index >= 15 is 0 Å². The van der Waals surface area contributed by atoms with Gasteiger partial charge in [-0.05, 0) is 12.1 Å². The molecule has 1 aliphatic rings. The van der Waals surface area contributed by atoms with Gasteiger partial charge in [-0.3, -0.25) is 0 Å². The molecular weight excluding hydrogens is 254 g/mol. The van der Waals surface area contributed by atoms with Gasteiger partial charge in [0, 0.05) is 38.2 Å². The van der Waals surface area contributed by atoms with Crippen molar-refractivity contribution >= 4 is 22.8 Å². The van der Waals surface area contributed by atoms with Gasteiger partial charge < -0.3 is 14.2 Å². The lowest BCUT2D eigenvalue weighted by molar-refractivity contribution is -0.130. The van der Waals surface area contributed by atoms with Gasteiger partial charge in [0.05, 0.1) is 0 Å². The zero-order valence-electron chi connectivity index (χ0n) is 11.6. The number of esters is 1. The monoisotopic (exact) mass is 269 g/mol. The Kier molecular flexibility index (Phi) is 2.82. The van der Waals surface area contributed by atoms with Crippen LogP contribution in [0.25, 0.3) is 10.9 Å². The Morgan fingerprint density at radius 3 is 2.75 bits per heavy atom. The van der Waals surface area contributed by atoms with Crippen LogP contribution in [-0.2, 0) is 16.6 Å². The van der Waals surface area contributed by atoms with E-state index in [1.807, 2.05) is 56.0 Å². The molecule has 2 heterocycles. The summed E-state index contributed by atoms with van der Waals surface area (Å²) in [6.07, 6.45) is 1.65. The van der Waals surface area contributed by atoms with Gasteiger partial charge in [0.1, 0.15) is 5.69 Å². The van der Waals surface area contributed by atoms with Crippen LogP contribution in [-0.4, -0.2) is 35.4 Å². The van der Waals surface area contributed by atoms with Crippen molar-refractivity contribution in [3.8, 4) is 0 Å². The molecule has 102 valence electrons. The van der Waals surface area contributed by atoms with Crippen LogP contribution < -0.4 is 0 Å². The van der Waals surface area contributed by atoms with E-state index in [9.17, 15) is 4.79 Å². The van der Waals surface area contributed by atoms with Crippen LogP contribution in [0.2, 0.25) is 0 Å². The molecule has 0 radical (unpaired) electrons. The minimum absolute atomic E-state index is 0.315. The normalized spacial score (nSPS) is 16.6. The van der Waals surface area contributed by atoms with Gasteiger partial charge in [-0.2, -0.15) is 0 Å². The molecule has 0 saturated heterocycles. The molecule has 1 aromatic heterocycles. The number of ether oxygens (including phenoxy) is 1. The topological polar surface area (TPSA) is 46.8 Å².